The monoisotopic (exact) mass is 344 g/mol. The molecule has 3 rings (SSSR count). The van der Waals surface area contributed by atoms with Gasteiger partial charge in [0.1, 0.15) is 5.60 Å². The molecule has 1 aromatic heterocycles. The maximum Gasteiger partial charge on any atom is 0.407 e. The van der Waals surface area contributed by atoms with Crippen LogP contribution >= 0.6 is 0 Å². The van der Waals surface area contributed by atoms with Gasteiger partial charge < -0.3 is 19.5 Å². The highest BCUT2D eigenvalue weighted by atomic mass is 16.6. The molecule has 1 fully saturated rings. The highest BCUT2D eigenvalue weighted by Crippen LogP contribution is 2.23. The molecule has 1 aromatic carbocycles. The first-order chi connectivity index (χ1) is 11.8. The topological polar surface area (TPSA) is 80.5 Å². The van der Waals surface area contributed by atoms with E-state index in [1.54, 1.807) is 0 Å². The van der Waals surface area contributed by atoms with Crippen LogP contribution in [0.1, 0.15) is 32.8 Å². The van der Waals surface area contributed by atoms with Gasteiger partial charge in [-0.25, -0.2) is 4.79 Å². The molecule has 25 heavy (non-hydrogen) atoms. The Kier molecular flexibility index (Phi) is 4.65. The van der Waals surface area contributed by atoms with Crippen molar-refractivity contribution in [3.63, 3.8) is 0 Å². The highest BCUT2D eigenvalue weighted by molar-refractivity contribution is 5.68. The van der Waals surface area contributed by atoms with Crippen molar-refractivity contribution in [2.45, 2.75) is 45.8 Å². The summed E-state index contributed by atoms with van der Waals surface area (Å²) in [5, 5.41) is 6.94. The number of aryl methyl sites for hydroxylation is 1. The van der Waals surface area contributed by atoms with Crippen LogP contribution in [0.15, 0.2) is 28.8 Å². The molecule has 2 aromatic rings. The number of anilines is 1. The molecule has 1 aliphatic heterocycles. The Labute approximate surface area is 147 Å². The molecule has 134 valence electrons. The zero-order valence-corrected chi connectivity index (χ0v) is 15.1. The van der Waals surface area contributed by atoms with Crippen molar-refractivity contribution in [3.8, 4) is 11.4 Å². The van der Waals surface area contributed by atoms with Crippen LogP contribution < -0.4 is 10.2 Å². The Morgan fingerprint density at radius 1 is 1.32 bits per heavy atom. The van der Waals surface area contributed by atoms with Gasteiger partial charge >= 0.3 is 12.1 Å². The Balaban J connectivity index is 1.59. The van der Waals surface area contributed by atoms with Crippen LogP contribution in [0.2, 0.25) is 0 Å². The minimum Gasteiger partial charge on any atom is -0.444 e. The normalized spacial score (nSPS) is 17.6. The van der Waals surface area contributed by atoms with Gasteiger partial charge in [0.25, 0.3) is 0 Å². The number of alkyl carbamates (subject to hydrolysis) is 1. The summed E-state index contributed by atoms with van der Waals surface area (Å²) < 4.78 is 10.7. The Morgan fingerprint density at radius 3 is 2.72 bits per heavy atom. The number of benzene rings is 1. The zero-order valence-electron chi connectivity index (χ0n) is 15.1. The van der Waals surface area contributed by atoms with Crippen LogP contribution in [0.3, 0.4) is 0 Å². The summed E-state index contributed by atoms with van der Waals surface area (Å²) in [6.45, 7) is 8.94. The van der Waals surface area contributed by atoms with E-state index in [1.807, 2.05) is 56.9 Å². The Hall–Kier alpha value is -2.57. The number of carbonyl (C=O) groups is 1. The summed E-state index contributed by atoms with van der Waals surface area (Å²) in [7, 11) is 0. The maximum absolute atomic E-state index is 11.9. The molecule has 1 atom stereocenters. The van der Waals surface area contributed by atoms with Crippen LogP contribution in [0.5, 0.6) is 0 Å². The van der Waals surface area contributed by atoms with Crippen LogP contribution in [0, 0.1) is 6.92 Å². The predicted octanol–water partition coefficient (Wildman–Crippen LogP) is 3.15. The third-order valence-corrected chi connectivity index (χ3v) is 3.90. The van der Waals surface area contributed by atoms with Gasteiger partial charge in [0.2, 0.25) is 5.82 Å². The molecule has 1 N–H and O–H groups in total. The van der Waals surface area contributed by atoms with Gasteiger partial charge in [0.05, 0.1) is 6.04 Å². The van der Waals surface area contributed by atoms with Crippen molar-refractivity contribution in [1.82, 2.24) is 15.5 Å². The van der Waals surface area contributed by atoms with E-state index in [4.69, 9.17) is 9.26 Å². The number of hydrogen-bond acceptors (Lipinski definition) is 6. The third kappa shape index (κ3) is 4.49. The van der Waals surface area contributed by atoms with Gasteiger partial charge in [-0.3, -0.25) is 0 Å². The van der Waals surface area contributed by atoms with E-state index in [0.29, 0.717) is 18.4 Å². The fraction of sp³-hybridized carbons (Fsp3) is 0.500. The minimum atomic E-state index is -0.502. The number of nitrogens with one attached hydrogen (secondary N) is 1. The third-order valence-electron chi connectivity index (χ3n) is 3.90. The molecule has 0 aliphatic carbocycles. The quantitative estimate of drug-likeness (QED) is 0.921. The molecule has 0 spiro atoms. The van der Waals surface area contributed by atoms with Crippen LogP contribution in [-0.2, 0) is 4.74 Å². The molecule has 0 bridgehead atoms. The average Bonchev–Trinajstić information content (AvgIpc) is 3.15. The molecular formula is C18H24N4O3. The number of nitrogens with zero attached hydrogens (tertiary/aromatic N) is 3. The average molecular weight is 344 g/mol. The van der Waals surface area contributed by atoms with Crippen molar-refractivity contribution in [1.29, 1.82) is 0 Å². The number of hydrogen-bond donors (Lipinski definition) is 1. The van der Waals surface area contributed by atoms with E-state index in [-0.39, 0.29) is 6.04 Å². The Bertz CT molecular complexity index is 734. The number of carbonyl (C=O) groups excluding carboxylic acids is 1. The van der Waals surface area contributed by atoms with Gasteiger partial charge in [-0.15, -0.1) is 0 Å². The van der Waals surface area contributed by atoms with E-state index in [9.17, 15) is 4.79 Å². The van der Waals surface area contributed by atoms with Crippen molar-refractivity contribution in [2.75, 3.05) is 18.0 Å². The van der Waals surface area contributed by atoms with Gasteiger partial charge in [-0.2, -0.15) is 4.98 Å². The molecule has 1 aliphatic rings. The summed E-state index contributed by atoms with van der Waals surface area (Å²) in [5.41, 5.74) is 1.60. The molecule has 0 radical (unpaired) electrons. The van der Waals surface area contributed by atoms with Gasteiger partial charge in [-0.1, -0.05) is 35.0 Å². The number of amides is 1. The lowest BCUT2D eigenvalue weighted by Gasteiger charge is -2.21. The molecule has 0 saturated carbocycles. The molecule has 0 unspecified atom stereocenters. The van der Waals surface area contributed by atoms with E-state index < -0.39 is 11.7 Å². The first-order valence-electron chi connectivity index (χ1n) is 8.45. The second-order valence-corrected chi connectivity index (χ2v) is 7.34. The fourth-order valence-corrected chi connectivity index (χ4v) is 2.69. The SMILES string of the molecule is Cc1ccc(-c2noc(N3CC[C@H](NC(=O)OC(C)(C)C)C3)n2)cc1. The number of ether oxygens (including phenoxy) is 1. The zero-order chi connectivity index (χ0) is 18.0. The molecule has 1 amide bonds. The largest absolute Gasteiger partial charge is 0.444 e. The lowest BCUT2D eigenvalue weighted by Crippen LogP contribution is -2.40. The molecular weight excluding hydrogens is 320 g/mol. The predicted molar refractivity (Wildman–Crippen MR) is 94.5 cm³/mol. The second-order valence-electron chi connectivity index (χ2n) is 7.34. The van der Waals surface area contributed by atoms with E-state index in [0.717, 1.165) is 18.5 Å². The summed E-state index contributed by atoms with van der Waals surface area (Å²) in [6, 6.07) is 8.46. The minimum absolute atomic E-state index is 0.00424. The molecule has 1 saturated heterocycles. The van der Waals surface area contributed by atoms with Gasteiger partial charge in [-0.05, 0) is 34.1 Å². The van der Waals surface area contributed by atoms with Crippen LogP contribution in [-0.4, -0.2) is 41.0 Å². The lowest BCUT2D eigenvalue weighted by atomic mass is 10.1. The first kappa shape index (κ1) is 17.3. The molecule has 7 nitrogen and oxygen atoms in total. The smallest absolute Gasteiger partial charge is 0.407 e. The Morgan fingerprint density at radius 2 is 2.04 bits per heavy atom. The van der Waals surface area contributed by atoms with Gasteiger partial charge in [0.15, 0.2) is 0 Å². The van der Waals surface area contributed by atoms with Gasteiger partial charge in [0, 0.05) is 18.7 Å². The number of aromatic nitrogens is 2. The lowest BCUT2D eigenvalue weighted by molar-refractivity contribution is 0.0509. The summed E-state index contributed by atoms with van der Waals surface area (Å²) in [6.07, 6.45) is 0.409. The van der Waals surface area contributed by atoms with E-state index in [2.05, 4.69) is 15.5 Å². The first-order valence-corrected chi connectivity index (χ1v) is 8.45. The molecule has 2 heterocycles. The summed E-state index contributed by atoms with van der Waals surface area (Å²) in [5.74, 6) is 0.568. The highest BCUT2D eigenvalue weighted by Gasteiger charge is 2.29. The molecule has 7 heteroatoms. The van der Waals surface area contributed by atoms with Crippen molar-refractivity contribution >= 4 is 12.1 Å². The second kappa shape index (κ2) is 6.74. The number of rotatable bonds is 3. The fourth-order valence-electron chi connectivity index (χ4n) is 2.69. The maximum atomic E-state index is 11.9. The van der Waals surface area contributed by atoms with Crippen LogP contribution in [0.25, 0.3) is 11.4 Å². The van der Waals surface area contributed by atoms with Crippen molar-refractivity contribution in [2.24, 2.45) is 0 Å². The summed E-state index contributed by atoms with van der Waals surface area (Å²) >= 11 is 0. The van der Waals surface area contributed by atoms with E-state index >= 15 is 0 Å². The van der Waals surface area contributed by atoms with Crippen molar-refractivity contribution < 1.29 is 14.1 Å². The van der Waals surface area contributed by atoms with E-state index in [1.165, 1.54) is 5.56 Å². The summed E-state index contributed by atoms with van der Waals surface area (Å²) in [4.78, 5) is 18.3. The van der Waals surface area contributed by atoms with Crippen LogP contribution in [0.4, 0.5) is 10.8 Å². The van der Waals surface area contributed by atoms with Crippen molar-refractivity contribution in [3.05, 3.63) is 29.8 Å². The standard InChI is InChI=1S/C18H24N4O3/c1-12-5-7-13(8-6-12)15-20-16(25-21-15)22-10-9-14(11-22)19-17(23)24-18(2,3)4/h5-8,14H,9-11H2,1-4H3,(H,19,23)/t14-/m0/s1.